The van der Waals surface area contributed by atoms with Gasteiger partial charge < -0.3 is 14.6 Å². The third-order valence-electron chi connectivity index (χ3n) is 5.52. The van der Waals surface area contributed by atoms with Crippen LogP contribution in [0.4, 0.5) is 0 Å². The van der Waals surface area contributed by atoms with Crippen molar-refractivity contribution >= 4 is 23.2 Å². The van der Waals surface area contributed by atoms with Crippen molar-refractivity contribution in [3.05, 3.63) is 81.4 Å². The Balaban J connectivity index is 1.33. The zero-order valence-electron chi connectivity index (χ0n) is 17.8. The molecule has 1 fully saturated rings. The molecule has 3 heterocycles. The van der Waals surface area contributed by atoms with E-state index in [1.165, 1.54) is 5.56 Å². The molecule has 0 radical (unpaired) electrons. The first-order chi connectivity index (χ1) is 15.0. The Morgan fingerprint density at radius 2 is 1.77 bits per heavy atom. The Labute approximate surface area is 186 Å². The SMILES string of the molecule is Cc1ccc(C(NC(=O)CN2CCN(C(=O)c3ccc(C)o3)CC2)c2cccs2)cc1. The Kier molecular flexibility index (Phi) is 6.53. The minimum Gasteiger partial charge on any atom is -0.456 e. The van der Waals surface area contributed by atoms with Crippen molar-refractivity contribution in [2.75, 3.05) is 32.7 Å². The largest absolute Gasteiger partial charge is 0.456 e. The minimum atomic E-state index is -0.154. The molecule has 162 valence electrons. The van der Waals surface area contributed by atoms with Crippen LogP contribution < -0.4 is 5.32 Å². The number of furan rings is 1. The first-order valence-electron chi connectivity index (χ1n) is 10.5. The number of carbonyl (C=O) groups excluding carboxylic acids is 2. The molecular weight excluding hydrogens is 410 g/mol. The van der Waals surface area contributed by atoms with Gasteiger partial charge >= 0.3 is 0 Å². The molecule has 31 heavy (non-hydrogen) atoms. The zero-order valence-corrected chi connectivity index (χ0v) is 18.7. The van der Waals surface area contributed by atoms with E-state index in [-0.39, 0.29) is 17.9 Å². The molecule has 0 aliphatic carbocycles. The average molecular weight is 438 g/mol. The van der Waals surface area contributed by atoms with Crippen LogP contribution in [-0.2, 0) is 4.79 Å². The van der Waals surface area contributed by atoms with Gasteiger partial charge in [-0.05, 0) is 43.0 Å². The fraction of sp³-hybridized carbons (Fsp3) is 0.333. The van der Waals surface area contributed by atoms with Crippen LogP contribution in [0.25, 0.3) is 0 Å². The average Bonchev–Trinajstić information content (AvgIpc) is 3.45. The smallest absolute Gasteiger partial charge is 0.289 e. The van der Waals surface area contributed by atoms with E-state index in [1.807, 2.05) is 18.4 Å². The topological polar surface area (TPSA) is 65.8 Å². The van der Waals surface area contributed by atoms with Crippen molar-refractivity contribution in [3.63, 3.8) is 0 Å². The van der Waals surface area contributed by atoms with Crippen LogP contribution in [0.3, 0.4) is 0 Å². The molecule has 2 aromatic heterocycles. The van der Waals surface area contributed by atoms with E-state index >= 15 is 0 Å². The molecule has 0 spiro atoms. The second-order valence-corrected chi connectivity index (χ2v) is 8.88. The molecule has 6 nitrogen and oxygen atoms in total. The summed E-state index contributed by atoms with van der Waals surface area (Å²) in [5.74, 6) is 1.00. The van der Waals surface area contributed by atoms with Gasteiger partial charge in [0, 0.05) is 31.1 Å². The zero-order chi connectivity index (χ0) is 21.8. The normalized spacial score (nSPS) is 15.6. The molecule has 1 aromatic carbocycles. The van der Waals surface area contributed by atoms with Crippen LogP contribution in [0.1, 0.15) is 38.4 Å². The van der Waals surface area contributed by atoms with E-state index in [2.05, 4.69) is 47.5 Å². The van der Waals surface area contributed by atoms with Crippen LogP contribution in [0.15, 0.2) is 58.3 Å². The molecule has 0 saturated carbocycles. The number of thiophene rings is 1. The Morgan fingerprint density at radius 3 is 2.39 bits per heavy atom. The number of aryl methyl sites for hydroxylation is 2. The van der Waals surface area contributed by atoms with Gasteiger partial charge in [-0.3, -0.25) is 14.5 Å². The molecule has 2 amide bonds. The van der Waals surface area contributed by atoms with Crippen molar-refractivity contribution in [2.24, 2.45) is 0 Å². The van der Waals surface area contributed by atoms with Gasteiger partial charge in [-0.15, -0.1) is 11.3 Å². The molecule has 4 rings (SSSR count). The molecule has 1 aliphatic heterocycles. The number of benzene rings is 1. The van der Waals surface area contributed by atoms with E-state index in [0.29, 0.717) is 38.5 Å². The summed E-state index contributed by atoms with van der Waals surface area (Å²) < 4.78 is 5.45. The summed E-state index contributed by atoms with van der Waals surface area (Å²) in [5, 5.41) is 5.23. The van der Waals surface area contributed by atoms with Crippen molar-refractivity contribution < 1.29 is 14.0 Å². The maximum Gasteiger partial charge on any atom is 0.289 e. The van der Waals surface area contributed by atoms with Gasteiger partial charge in [-0.25, -0.2) is 0 Å². The van der Waals surface area contributed by atoms with Crippen LogP contribution >= 0.6 is 11.3 Å². The Morgan fingerprint density at radius 1 is 1.03 bits per heavy atom. The summed E-state index contributed by atoms with van der Waals surface area (Å²) in [6.45, 7) is 6.68. The van der Waals surface area contributed by atoms with Gasteiger partial charge in [0.15, 0.2) is 5.76 Å². The van der Waals surface area contributed by atoms with Crippen LogP contribution in [0.2, 0.25) is 0 Å². The highest BCUT2D eigenvalue weighted by Crippen LogP contribution is 2.26. The minimum absolute atomic E-state index is 0.0135. The number of amides is 2. The monoisotopic (exact) mass is 437 g/mol. The molecule has 1 N–H and O–H groups in total. The number of piperazine rings is 1. The number of nitrogens with zero attached hydrogens (tertiary/aromatic N) is 2. The fourth-order valence-corrected chi connectivity index (χ4v) is 4.56. The second-order valence-electron chi connectivity index (χ2n) is 7.91. The van der Waals surface area contributed by atoms with Crippen LogP contribution in [0.5, 0.6) is 0 Å². The van der Waals surface area contributed by atoms with Gasteiger partial charge in [0.1, 0.15) is 5.76 Å². The standard InChI is InChI=1S/C24H27N3O3S/c1-17-5-8-19(9-6-17)23(21-4-3-15-31-21)25-22(28)16-26-11-13-27(14-12-26)24(29)20-10-7-18(2)30-20/h3-10,15,23H,11-14,16H2,1-2H3,(H,25,28). The van der Waals surface area contributed by atoms with Gasteiger partial charge in [-0.1, -0.05) is 35.9 Å². The second kappa shape index (κ2) is 9.49. The predicted molar refractivity (Wildman–Crippen MR) is 121 cm³/mol. The van der Waals surface area contributed by atoms with Crippen molar-refractivity contribution in [2.45, 2.75) is 19.9 Å². The first kappa shape index (κ1) is 21.3. The lowest BCUT2D eigenvalue weighted by molar-refractivity contribution is -0.123. The van der Waals surface area contributed by atoms with Crippen molar-refractivity contribution in [3.8, 4) is 0 Å². The maximum absolute atomic E-state index is 12.9. The van der Waals surface area contributed by atoms with E-state index in [0.717, 1.165) is 16.2 Å². The third kappa shape index (κ3) is 5.24. The quantitative estimate of drug-likeness (QED) is 0.640. The van der Waals surface area contributed by atoms with E-state index in [4.69, 9.17) is 4.42 Å². The number of hydrogen-bond acceptors (Lipinski definition) is 5. The van der Waals surface area contributed by atoms with Crippen LogP contribution in [0, 0.1) is 13.8 Å². The van der Waals surface area contributed by atoms with Gasteiger partial charge in [0.2, 0.25) is 5.91 Å². The highest BCUT2D eigenvalue weighted by molar-refractivity contribution is 7.10. The molecule has 3 aromatic rings. The number of nitrogens with one attached hydrogen (secondary N) is 1. The van der Waals surface area contributed by atoms with Gasteiger partial charge in [0.05, 0.1) is 12.6 Å². The highest BCUT2D eigenvalue weighted by Gasteiger charge is 2.26. The molecule has 1 saturated heterocycles. The van der Waals surface area contributed by atoms with Gasteiger partial charge in [0.25, 0.3) is 5.91 Å². The van der Waals surface area contributed by atoms with E-state index in [1.54, 1.807) is 28.4 Å². The molecule has 1 aliphatic rings. The summed E-state index contributed by atoms with van der Waals surface area (Å²) in [7, 11) is 0. The van der Waals surface area contributed by atoms with Gasteiger partial charge in [-0.2, -0.15) is 0 Å². The van der Waals surface area contributed by atoms with Crippen molar-refractivity contribution in [1.82, 2.24) is 15.1 Å². The maximum atomic E-state index is 12.9. The lowest BCUT2D eigenvalue weighted by Crippen LogP contribution is -2.51. The number of hydrogen-bond donors (Lipinski definition) is 1. The molecule has 7 heteroatoms. The Hall–Kier alpha value is -2.90. The molecule has 0 bridgehead atoms. The lowest BCUT2D eigenvalue weighted by atomic mass is 10.0. The summed E-state index contributed by atoms with van der Waals surface area (Å²) in [6.07, 6.45) is 0. The summed E-state index contributed by atoms with van der Waals surface area (Å²) in [5.41, 5.74) is 2.27. The first-order valence-corrected chi connectivity index (χ1v) is 11.3. The number of carbonyl (C=O) groups is 2. The fourth-order valence-electron chi connectivity index (χ4n) is 3.76. The molecule has 1 atom stereocenters. The van der Waals surface area contributed by atoms with Crippen LogP contribution in [-0.4, -0.2) is 54.3 Å². The third-order valence-corrected chi connectivity index (χ3v) is 6.46. The summed E-state index contributed by atoms with van der Waals surface area (Å²) in [6, 6.07) is 15.7. The van der Waals surface area contributed by atoms with Crippen molar-refractivity contribution in [1.29, 1.82) is 0 Å². The summed E-state index contributed by atoms with van der Waals surface area (Å²) in [4.78, 5) is 30.4. The Bertz CT molecular complexity index is 1020. The highest BCUT2D eigenvalue weighted by atomic mass is 32.1. The molecular formula is C24H27N3O3S. The number of rotatable bonds is 6. The molecule has 1 unspecified atom stereocenters. The lowest BCUT2D eigenvalue weighted by Gasteiger charge is -2.34. The summed E-state index contributed by atoms with van der Waals surface area (Å²) >= 11 is 1.64. The predicted octanol–water partition coefficient (Wildman–Crippen LogP) is 3.62. The van der Waals surface area contributed by atoms with E-state index < -0.39 is 0 Å². The van der Waals surface area contributed by atoms with E-state index in [9.17, 15) is 9.59 Å².